The van der Waals surface area contributed by atoms with Gasteiger partial charge in [0.05, 0.1) is 35.1 Å². The highest BCUT2D eigenvalue weighted by atomic mass is 16.5. The van der Waals surface area contributed by atoms with Gasteiger partial charge in [-0.2, -0.15) is 0 Å². The van der Waals surface area contributed by atoms with Gasteiger partial charge in [0.15, 0.2) is 0 Å². The summed E-state index contributed by atoms with van der Waals surface area (Å²) in [5.74, 6) is 1.06. The molecule has 0 saturated carbocycles. The Labute approximate surface area is 266 Å². The second kappa shape index (κ2) is 12.2. The van der Waals surface area contributed by atoms with E-state index in [1.54, 1.807) is 55.6 Å². The maximum Gasteiger partial charge on any atom is 0.266 e. The molecule has 2 aliphatic heterocycles. The number of hydrogen-bond donors (Lipinski definition) is 0. The van der Waals surface area contributed by atoms with E-state index < -0.39 is 0 Å². The Bertz CT molecular complexity index is 2000. The molecule has 2 heterocycles. The Morgan fingerprint density at radius 3 is 1.43 bits per heavy atom. The minimum Gasteiger partial charge on any atom is -0.497 e. The SMILES string of the molecule is COc1ccc(Oc2ccc(C)cc2)cc1.Cc1ccc(N2C(=O)c3ccc(-c4ccc5c(c4)C(=O)N(C)C5=O)cc3C2=O)cc1. The van der Waals surface area contributed by atoms with Crippen molar-refractivity contribution in [3.05, 3.63) is 143 Å². The molecular formula is C38H30N2O6. The number of aryl methyl sites for hydroxylation is 2. The summed E-state index contributed by atoms with van der Waals surface area (Å²) in [4.78, 5) is 52.5. The summed E-state index contributed by atoms with van der Waals surface area (Å²) in [7, 11) is 3.10. The number of carbonyl (C=O) groups excluding carboxylic acids is 4. The molecule has 46 heavy (non-hydrogen) atoms. The molecule has 0 N–H and O–H groups in total. The number of carbonyl (C=O) groups is 4. The number of hydrogen-bond acceptors (Lipinski definition) is 6. The van der Waals surface area contributed by atoms with Crippen molar-refractivity contribution in [3.8, 4) is 28.4 Å². The van der Waals surface area contributed by atoms with E-state index in [0.717, 1.165) is 27.7 Å². The number of benzene rings is 5. The predicted molar refractivity (Wildman–Crippen MR) is 175 cm³/mol. The third-order valence-corrected chi connectivity index (χ3v) is 7.92. The molecule has 5 aromatic carbocycles. The van der Waals surface area contributed by atoms with Crippen LogP contribution in [0.2, 0.25) is 0 Å². The van der Waals surface area contributed by atoms with Crippen molar-refractivity contribution in [1.29, 1.82) is 0 Å². The Morgan fingerprint density at radius 2 is 0.891 bits per heavy atom. The lowest BCUT2D eigenvalue weighted by atomic mass is 9.97. The number of nitrogens with zero attached hydrogens (tertiary/aromatic N) is 2. The molecule has 0 radical (unpaired) electrons. The van der Waals surface area contributed by atoms with Gasteiger partial charge in [-0.3, -0.25) is 24.1 Å². The molecule has 8 nitrogen and oxygen atoms in total. The smallest absolute Gasteiger partial charge is 0.266 e. The van der Waals surface area contributed by atoms with Gasteiger partial charge in [0, 0.05) is 7.05 Å². The van der Waals surface area contributed by atoms with E-state index in [9.17, 15) is 19.2 Å². The minimum atomic E-state index is -0.382. The molecule has 0 bridgehead atoms. The summed E-state index contributed by atoms with van der Waals surface area (Å²) in [5.41, 5.74) is 5.54. The van der Waals surface area contributed by atoms with Crippen LogP contribution >= 0.6 is 0 Å². The molecule has 5 aromatic rings. The molecule has 228 valence electrons. The van der Waals surface area contributed by atoms with E-state index in [-0.39, 0.29) is 23.6 Å². The molecule has 7 rings (SSSR count). The van der Waals surface area contributed by atoms with Crippen LogP contribution in [-0.2, 0) is 0 Å². The number of amides is 4. The maximum absolute atomic E-state index is 13.0. The van der Waals surface area contributed by atoms with Crippen LogP contribution in [0, 0.1) is 13.8 Å². The van der Waals surface area contributed by atoms with Crippen molar-refractivity contribution in [3.63, 3.8) is 0 Å². The van der Waals surface area contributed by atoms with E-state index in [1.165, 1.54) is 17.5 Å². The summed E-state index contributed by atoms with van der Waals surface area (Å²) in [5, 5.41) is 0. The van der Waals surface area contributed by atoms with Crippen LogP contribution in [0.3, 0.4) is 0 Å². The molecule has 8 heteroatoms. The lowest BCUT2D eigenvalue weighted by molar-refractivity contribution is 0.0692. The van der Waals surface area contributed by atoms with Gasteiger partial charge in [-0.05, 0) is 97.8 Å². The number of ether oxygens (including phenoxy) is 2. The largest absolute Gasteiger partial charge is 0.497 e. The van der Waals surface area contributed by atoms with Crippen LogP contribution in [0.1, 0.15) is 52.6 Å². The van der Waals surface area contributed by atoms with Crippen molar-refractivity contribution in [2.45, 2.75) is 13.8 Å². The Kier molecular flexibility index (Phi) is 7.94. The van der Waals surface area contributed by atoms with Crippen LogP contribution in [0.15, 0.2) is 109 Å². The summed E-state index contributed by atoms with van der Waals surface area (Å²) in [6.07, 6.45) is 0. The van der Waals surface area contributed by atoms with Crippen LogP contribution < -0.4 is 14.4 Å². The number of fused-ring (bicyclic) bond motifs is 2. The summed E-state index contributed by atoms with van der Waals surface area (Å²) in [6, 6.07) is 32.7. The van der Waals surface area contributed by atoms with Crippen LogP contribution in [-0.4, -0.2) is 42.7 Å². The van der Waals surface area contributed by atoms with Gasteiger partial charge < -0.3 is 9.47 Å². The molecule has 0 saturated heterocycles. The number of rotatable bonds is 5. The second-order valence-electron chi connectivity index (χ2n) is 11.1. The van der Waals surface area contributed by atoms with Gasteiger partial charge in [0.25, 0.3) is 23.6 Å². The first kappa shape index (κ1) is 30.0. The molecule has 2 aliphatic rings. The van der Waals surface area contributed by atoms with Gasteiger partial charge in [-0.25, -0.2) is 4.90 Å². The predicted octanol–water partition coefficient (Wildman–Crippen LogP) is 7.48. The van der Waals surface area contributed by atoms with Crippen molar-refractivity contribution in [1.82, 2.24) is 4.90 Å². The van der Waals surface area contributed by atoms with Crippen LogP contribution in [0.4, 0.5) is 5.69 Å². The summed E-state index contributed by atoms with van der Waals surface area (Å²) >= 11 is 0. The fourth-order valence-corrected chi connectivity index (χ4v) is 5.28. The molecule has 0 aliphatic carbocycles. The van der Waals surface area contributed by atoms with Crippen molar-refractivity contribution >= 4 is 29.3 Å². The lowest BCUT2D eigenvalue weighted by Gasteiger charge is -2.13. The zero-order valence-electron chi connectivity index (χ0n) is 25.7. The van der Waals surface area contributed by atoms with Crippen molar-refractivity contribution < 1.29 is 28.7 Å². The third kappa shape index (κ3) is 5.64. The maximum atomic E-state index is 13.0. The molecule has 0 atom stereocenters. The Morgan fingerprint density at radius 1 is 0.478 bits per heavy atom. The van der Waals surface area contributed by atoms with Crippen molar-refractivity contribution in [2.75, 3.05) is 19.1 Å². The first-order valence-corrected chi connectivity index (χ1v) is 14.6. The standard InChI is InChI=1S/C24H16N2O4.C14H14O2/c1-13-3-7-16(8-4-13)26-23(29)18-10-6-15(12-20(18)24(26)30)14-5-9-17-19(11-14)22(28)25(2)21(17)27;1-11-3-5-13(6-4-11)16-14-9-7-12(15-2)8-10-14/h3-12H,1-2H3;3-10H,1-2H3. The Balaban J connectivity index is 0.000000196. The highest BCUT2D eigenvalue weighted by molar-refractivity contribution is 6.34. The average molecular weight is 611 g/mol. The first-order chi connectivity index (χ1) is 22.1. The van der Waals surface area contributed by atoms with E-state index >= 15 is 0 Å². The quantitative estimate of drug-likeness (QED) is 0.192. The van der Waals surface area contributed by atoms with Gasteiger partial charge >= 0.3 is 0 Å². The number of methoxy groups -OCH3 is 1. The average Bonchev–Trinajstić information content (AvgIpc) is 3.46. The highest BCUT2D eigenvalue weighted by Gasteiger charge is 2.37. The topological polar surface area (TPSA) is 93.2 Å². The van der Waals surface area contributed by atoms with E-state index in [0.29, 0.717) is 39.1 Å². The van der Waals surface area contributed by atoms with Gasteiger partial charge in [-0.1, -0.05) is 47.5 Å². The molecule has 0 unspecified atom stereocenters. The van der Waals surface area contributed by atoms with Crippen molar-refractivity contribution in [2.24, 2.45) is 0 Å². The highest BCUT2D eigenvalue weighted by Crippen LogP contribution is 2.34. The fourth-order valence-electron chi connectivity index (χ4n) is 5.28. The molecular weight excluding hydrogens is 580 g/mol. The zero-order valence-corrected chi connectivity index (χ0v) is 25.7. The number of imide groups is 2. The summed E-state index contributed by atoms with van der Waals surface area (Å²) < 4.78 is 10.8. The normalized spacial score (nSPS) is 13.3. The van der Waals surface area contributed by atoms with E-state index in [2.05, 4.69) is 6.92 Å². The summed E-state index contributed by atoms with van der Waals surface area (Å²) in [6.45, 7) is 3.99. The number of anilines is 1. The van der Waals surface area contributed by atoms with E-state index in [1.807, 2.05) is 67.6 Å². The zero-order chi connectivity index (χ0) is 32.5. The molecule has 0 aromatic heterocycles. The second-order valence-corrected chi connectivity index (χ2v) is 11.1. The monoisotopic (exact) mass is 610 g/mol. The molecule has 0 fully saturated rings. The van der Waals surface area contributed by atoms with Crippen LogP contribution in [0.25, 0.3) is 11.1 Å². The fraction of sp³-hybridized carbons (Fsp3) is 0.105. The van der Waals surface area contributed by atoms with E-state index in [4.69, 9.17) is 9.47 Å². The first-order valence-electron chi connectivity index (χ1n) is 14.6. The van der Waals surface area contributed by atoms with Gasteiger partial charge in [-0.15, -0.1) is 0 Å². The lowest BCUT2D eigenvalue weighted by Crippen LogP contribution is -2.29. The Hall–Kier alpha value is -6.02. The van der Waals surface area contributed by atoms with Gasteiger partial charge in [0.1, 0.15) is 17.2 Å². The molecule has 4 amide bonds. The van der Waals surface area contributed by atoms with Gasteiger partial charge in [0.2, 0.25) is 0 Å². The third-order valence-electron chi connectivity index (χ3n) is 7.92. The minimum absolute atomic E-state index is 0.318. The molecule has 0 spiro atoms. The van der Waals surface area contributed by atoms with Crippen LogP contribution in [0.5, 0.6) is 17.2 Å².